The third-order valence-electron chi connectivity index (χ3n) is 1.56. The zero-order valence-corrected chi connectivity index (χ0v) is 10.0. The van der Waals surface area contributed by atoms with E-state index >= 15 is 0 Å². The fraction of sp³-hybridized carbons (Fsp3) is 0.222. The first-order valence-electron chi connectivity index (χ1n) is 3.95. The van der Waals surface area contributed by atoms with E-state index in [1.807, 2.05) is 35.7 Å². The van der Waals surface area contributed by atoms with Gasteiger partial charge in [0.1, 0.15) is 0 Å². The molecule has 1 nitrogen and oxygen atoms in total. The van der Waals surface area contributed by atoms with Crippen LogP contribution in [0.3, 0.4) is 0 Å². The lowest BCUT2D eigenvalue weighted by atomic mass is 10.3. The van der Waals surface area contributed by atoms with Gasteiger partial charge in [-0.05, 0) is 29.8 Å². The molecule has 1 unspecified atom stereocenters. The molecule has 0 aromatic rings. The fourth-order valence-corrected chi connectivity index (χ4v) is 6.69. The Morgan fingerprint density at radius 1 is 1.46 bits per heavy atom. The van der Waals surface area contributed by atoms with E-state index in [4.69, 9.17) is 0 Å². The molecule has 0 saturated heterocycles. The Bertz CT molecular complexity index is 337. The summed E-state index contributed by atoms with van der Waals surface area (Å²) in [5, 5.41) is 2.19. The molecule has 2 rings (SSSR count). The molecule has 2 aliphatic rings. The van der Waals surface area contributed by atoms with Gasteiger partial charge in [-0.3, -0.25) is 0 Å². The number of hydrogen-bond donors (Lipinski definition) is 0. The lowest BCUT2D eigenvalue weighted by Crippen LogP contribution is -1.99. The van der Waals surface area contributed by atoms with Crippen LogP contribution in [0.2, 0.25) is 0 Å². The molecule has 13 heavy (non-hydrogen) atoms. The SMILES string of the molecule is CN(C)/C=C/C1=CC2=S(SC=C2)S1. The minimum Gasteiger partial charge on any atom is -0.383 e. The molecule has 0 saturated carbocycles. The topological polar surface area (TPSA) is 3.24 Å². The van der Waals surface area contributed by atoms with E-state index in [0.29, 0.717) is 8.55 Å². The summed E-state index contributed by atoms with van der Waals surface area (Å²) in [6.45, 7) is 0. The van der Waals surface area contributed by atoms with Crippen molar-refractivity contribution >= 4 is 35.0 Å². The van der Waals surface area contributed by atoms with Gasteiger partial charge in [-0.2, -0.15) is 0 Å². The van der Waals surface area contributed by atoms with Crippen molar-refractivity contribution in [1.29, 1.82) is 0 Å². The first-order chi connectivity index (χ1) is 6.25. The first-order valence-corrected chi connectivity index (χ1v) is 7.91. The van der Waals surface area contributed by atoms with Crippen LogP contribution in [0, 0.1) is 0 Å². The van der Waals surface area contributed by atoms with E-state index in [9.17, 15) is 0 Å². The highest BCUT2D eigenvalue weighted by Crippen LogP contribution is 2.56. The molecule has 0 aromatic carbocycles. The Hall–Kier alpha value is -0.0600. The van der Waals surface area contributed by atoms with Gasteiger partial charge in [0.25, 0.3) is 0 Å². The molecule has 70 valence electrons. The second-order valence-electron chi connectivity index (χ2n) is 2.95. The molecule has 1 atom stereocenters. The van der Waals surface area contributed by atoms with Gasteiger partial charge in [-0.25, -0.2) is 0 Å². The maximum absolute atomic E-state index is 2.28. The van der Waals surface area contributed by atoms with Crippen LogP contribution in [-0.4, -0.2) is 23.9 Å². The summed E-state index contributed by atoms with van der Waals surface area (Å²) < 4.78 is 0. The van der Waals surface area contributed by atoms with E-state index in [2.05, 4.69) is 34.7 Å². The number of hydrogen-bond acceptors (Lipinski definition) is 3. The van der Waals surface area contributed by atoms with E-state index in [1.54, 1.807) is 0 Å². The molecule has 2 heterocycles. The van der Waals surface area contributed by atoms with Gasteiger partial charge in [-0.15, -0.1) is 0 Å². The molecule has 0 bridgehead atoms. The maximum Gasteiger partial charge on any atom is 0.0212 e. The van der Waals surface area contributed by atoms with Gasteiger partial charge >= 0.3 is 0 Å². The van der Waals surface area contributed by atoms with Crippen molar-refractivity contribution in [2.75, 3.05) is 14.1 Å². The Morgan fingerprint density at radius 3 is 3.00 bits per heavy atom. The highest BCUT2D eigenvalue weighted by Gasteiger charge is 2.15. The number of rotatable bonds is 2. The van der Waals surface area contributed by atoms with Gasteiger partial charge in [0.2, 0.25) is 0 Å². The number of allylic oxidation sites excluding steroid dienone is 3. The second kappa shape index (κ2) is 3.98. The standard InChI is InChI=1S/C9H11NS3/c1-10(2)5-3-8-7-9-4-6-11-13(9)12-8/h3-7H,1-2H3/b5-3+. The van der Waals surface area contributed by atoms with Gasteiger partial charge < -0.3 is 4.90 Å². The molecule has 0 aliphatic carbocycles. The van der Waals surface area contributed by atoms with Crippen LogP contribution in [0.5, 0.6) is 0 Å². The van der Waals surface area contributed by atoms with Crippen LogP contribution in [0.25, 0.3) is 0 Å². The summed E-state index contributed by atoms with van der Waals surface area (Å²) in [6, 6.07) is 0. The molecule has 0 N–H and O–H groups in total. The average molecular weight is 229 g/mol. The Kier molecular flexibility index (Phi) is 2.91. The Labute approximate surface area is 88.7 Å². The summed E-state index contributed by atoms with van der Waals surface area (Å²) in [5.41, 5.74) is 0. The summed E-state index contributed by atoms with van der Waals surface area (Å²) in [7, 11) is 8.34. The van der Waals surface area contributed by atoms with Crippen molar-refractivity contribution in [2.45, 2.75) is 0 Å². The van der Waals surface area contributed by atoms with Crippen molar-refractivity contribution in [2.24, 2.45) is 0 Å². The highest BCUT2D eigenvalue weighted by molar-refractivity contribution is 9.17. The lowest BCUT2D eigenvalue weighted by molar-refractivity contribution is 0.564. The Morgan fingerprint density at radius 2 is 2.31 bits per heavy atom. The van der Waals surface area contributed by atoms with Crippen molar-refractivity contribution < 1.29 is 0 Å². The van der Waals surface area contributed by atoms with Gasteiger partial charge in [-0.1, -0.05) is 30.1 Å². The van der Waals surface area contributed by atoms with Gasteiger partial charge in [0.15, 0.2) is 0 Å². The molecular weight excluding hydrogens is 218 g/mol. The summed E-state index contributed by atoms with van der Waals surface area (Å²) in [6.07, 6.45) is 8.78. The Balaban J connectivity index is 2.04. The minimum atomic E-state index is 0.364. The summed E-state index contributed by atoms with van der Waals surface area (Å²) >= 11 is 0. The predicted molar refractivity (Wildman–Crippen MR) is 67.8 cm³/mol. The van der Waals surface area contributed by atoms with E-state index in [0.717, 1.165) is 0 Å². The zero-order valence-electron chi connectivity index (χ0n) is 7.56. The van der Waals surface area contributed by atoms with E-state index in [-0.39, 0.29) is 0 Å². The van der Waals surface area contributed by atoms with Crippen molar-refractivity contribution in [3.05, 3.63) is 34.7 Å². The molecule has 2 aliphatic heterocycles. The number of nitrogens with zero attached hydrogens (tertiary/aromatic N) is 1. The molecule has 4 heteroatoms. The third kappa shape index (κ3) is 2.24. The third-order valence-corrected chi connectivity index (χ3v) is 7.58. The highest BCUT2D eigenvalue weighted by atomic mass is 33.5. The van der Waals surface area contributed by atoms with Crippen LogP contribution in [0.1, 0.15) is 0 Å². The fourth-order valence-electron chi connectivity index (χ4n) is 0.970. The van der Waals surface area contributed by atoms with Gasteiger partial charge in [0.05, 0.1) is 0 Å². The molecule has 0 radical (unpaired) electrons. The second-order valence-corrected chi connectivity index (χ2v) is 8.70. The molecule has 0 fully saturated rings. The first kappa shape index (κ1) is 9.49. The van der Waals surface area contributed by atoms with E-state index in [1.165, 1.54) is 9.77 Å². The van der Waals surface area contributed by atoms with Crippen LogP contribution in [-0.2, 0) is 0 Å². The maximum atomic E-state index is 2.28. The van der Waals surface area contributed by atoms with Crippen LogP contribution < -0.4 is 0 Å². The summed E-state index contributed by atoms with van der Waals surface area (Å²) in [5.74, 6) is 0. The van der Waals surface area contributed by atoms with E-state index < -0.39 is 0 Å². The predicted octanol–water partition coefficient (Wildman–Crippen LogP) is 3.22. The van der Waals surface area contributed by atoms with Crippen molar-refractivity contribution in [1.82, 2.24) is 4.90 Å². The van der Waals surface area contributed by atoms with Crippen LogP contribution in [0.15, 0.2) is 34.7 Å². The summed E-state index contributed by atoms with van der Waals surface area (Å²) in [4.78, 5) is 4.92. The molecular formula is C9H11NS3. The van der Waals surface area contributed by atoms with Crippen molar-refractivity contribution in [3.63, 3.8) is 0 Å². The average Bonchev–Trinajstić information content (AvgIpc) is 2.58. The monoisotopic (exact) mass is 229 g/mol. The van der Waals surface area contributed by atoms with Crippen LogP contribution in [0.4, 0.5) is 0 Å². The normalized spacial score (nSPS) is 25.5. The zero-order chi connectivity index (χ0) is 9.26. The lowest BCUT2D eigenvalue weighted by Gasteiger charge is -2.03. The van der Waals surface area contributed by atoms with Crippen LogP contribution >= 0.6 is 30.1 Å². The van der Waals surface area contributed by atoms with Gasteiger partial charge in [0, 0.05) is 23.9 Å². The largest absolute Gasteiger partial charge is 0.383 e. The minimum absolute atomic E-state index is 0.364. The van der Waals surface area contributed by atoms with Crippen molar-refractivity contribution in [3.8, 4) is 0 Å². The molecule has 0 spiro atoms. The smallest absolute Gasteiger partial charge is 0.0212 e. The molecule has 0 aromatic heterocycles. The molecule has 0 amide bonds. The quantitative estimate of drug-likeness (QED) is 0.529.